The number of hydrogen-bond acceptors (Lipinski definition) is 3. The molecule has 1 aromatic rings. The first-order valence-electron chi connectivity index (χ1n) is 7.57. The molecule has 0 bridgehead atoms. The Morgan fingerprint density at radius 2 is 2.18 bits per heavy atom. The number of amides is 2. The van der Waals surface area contributed by atoms with Crippen molar-refractivity contribution < 1.29 is 14.7 Å². The Morgan fingerprint density at radius 3 is 2.77 bits per heavy atom. The number of carbonyl (C=O) groups excluding carboxylic acids is 1. The molecule has 0 aliphatic heterocycles. The van der Waals surface area contributed by atoms with Gasteiger partial charge in [0.2, 0.25) is 0 Å². The highest BCUT2D eigenvalue weighted by Gasteiger charge is 2.18. The summed E-state index contributed by atoms with van der Waals surface area (Å²) in [7, 11) is 1.70. The molecule has 1 atom stereocenters. The maximum atomic E-state index is 12.2. The molecule has 6 heteroatoms. The van der Waals surface area contributed by atoms with Gasteiger partial charge in [0, 0.05) is 32.0 Å². The first-order chi connectivity index (χ1) is 10.4. The van der Waals surface area contributed by atoms with E-state index >= 15 is 0 Å². The molecule has 2 amide bonds. The molecule has 6 nitrogen and oxygen atoms in total. The number of carbonyl (C=O) groups is 2. The largest absolute Gasteiger partial charge is 0.481 e. The Labute approximate surface area is 131 Å². The number of urea groups is 1. The average Bonchev–Trinajstić information content (AvgIpc) is 2.46. The summed E-state index contributed by atoms with van der Waals surface area (Å²) < 4.78 is 0. The van der Waals surface area contributed by atoms with Crippen molar-refractivity contribution in [1.82, 2.24) is 15.2 Å². The van der Waals surface area contributed by atoms with E-state index < -0.39 is 5.97 Å². The number of carboxylic acid groups (broad SMARTS) is 1. The van der Waals surface area contributed by atoms with Gasteiger partial charge >= 0.3 is 12.0 Å². The lowest BCUT2D eigenvalue weighted by Gasteiger charge is -2.23. The van der Waals surface area contributed by atoms with Crippen LogP contribution in [-0.4, -0.2) is 40.1 Å². The third-order valence-corrected chi connectivity index (χ3v) is 3.55. The van der Waals surface area contributed by atoms with Crippen LogP contribution in [0.1, 0.15) is 43.7 Å². The summed E-state index contributed by atoms with van der Waals surface area (Å²) in [5.41, 5.74) is 2.05. The van der Waals surface area contributed by atoms with Crippen LogP contribution in [0.3, 0.4) is 0 Å². The number of pyridine rings is 1. The fraction of sp³-hybridized carbons (Fsp3) is 0.562. The van der Waals surface area contributed by atoms with Crippen molar-refractivity contribution in [2.45, 2.75) is 52.1 Å². The number of aryl methyl sites for hydroxylation is 1. The zero-order chi connectivity index (χ0) is 16.5. The Kier molecular flexibility index (Phi) is 7.36. The molecule has 0 spiro atoms. The number of unbranched alkanes of at least 4 members (excludes halogenated alkanes) is 1. The van der Waals surface area contributed by atoms with E-state index in [4.69, 9.17) is 5.11 Å². The Morgan fingerprint density at radius 1 is 1.45 bits per heavy atom. The second-order valence-corrected chi connectivity index (χ2v) is 5.54. The molecular weight excluding hydrogens is 282 g/mol. The summed E-state index contributed by atoms with van der Waals surface area (Å²) in [5.74, 6) is -0.894. The van der Waals surface area contributed by atoms with E-state index in [1.54, 1.807) is 24.3 Å². The van der Waals surface area contributed by atoms with Crippen LogP contribution in [0, 0.1) is 6.92 Å². The van der Waals surface area contributed by atoms with Crippen LogP contribution in [0.25, 0.3) is 0 Å². The summed E-state index contributed by atoms with van der Waals surface area (Å²) in [5, 5.41) is 11.7. The summed E-state index contributed by atoms with van der Waals surface area (Å²) in [4.78, 5) is 28.7. The lowest BCUT2D eigenvalue weighted by atomic mass is 10.1. The topological polar surface area (TPSA) is 82.5 Å². The van der Waals surface area contributed by atoms with E-state index in [-0.39, 0.29) is 18.5 Å². The molecule has 22 heavy (non-hydrogen) atoms. The van der Waals surface area contributed by atoms with E-state index in [0.29, 0.717) is 13.0 Å². The lowest BCUT2D eigenvalue weighted by molar-refractivity contribution is -0.137. The number of carboxylic acids is 1. The van der Waals surface area contributed by atoms with Crippen molar-refractivity contribution in [1.29, 1.82) is 0 Å². The standard InChI is InChI=1S/C16H25N3O3/c1-4-5-6-14(9-15(20)21)18-16(22)19(3)11-13-7-8-17-10-12(13)2/h7-8,10,14H,4-6,9,11H2,1-3H3,(H,18,22)(H,20,21). The molecule has 0 saturated heterocycles. The summed E-state index contributed by atoms with van der Waals surface area (Å²) in [6.45, 7) is 4.45. The second kappa shape index (κ2) is 9.02. The van der Waals surface area contributed by atoms with Gasteiger partial charge in [0.05, 0.1) is 6.42 Å². The molecular formula is C16H25N3O3. The normalized spacial score (nSPS) is 11.8. The summed E-state index contributed by atoms with van der Waals surface area (Å²) in [6, 6.07) is 1.30. The van der Waals surface area contributed by atoms with E-state index in [0.717, 1.165) is 24.0 Å². The Hall–Kier alpha value is -2.11. The van der Waals surface area contributed by atoms with Crippen LogP contribution < -0.4 is 5.32 Å². The van der Waals surface area contributed by atoms with Crippen molar-refractivity contribution in [3.8, 4) is 0 Å². The molecule has 0 aliphatic carbocycles. The van der Waals surface area contributed by atoms with Crippen LogP contribution in [0.2, 0.25) is 0 Å². The van der Waals surface area contributed by atoms with E-state index in [2.05, 4.69) is 10.3 Å². The van der Waals surface area contributed by atoms with Crippen LogP contribution in [0.4, 0.5) is 4.79 Å². The minimum Gasteiger partial charge on any atom is -0.481 e. The highest BCUT2D eigenvalue weighted by Crippen LogP contribution is 2.09. The SMILES string of the molecule is CCCCC(CC(=O)O)NC(=O)N(C)Cc1ccncc1C. The molecule has 1 heterocycles. The number of hydrogen-bond donors (Lipinski definition) is 2. The number of aliphatic carboxylic acids is 1. The fourth-order valence-corrected chi connectivity index (χ4v) is 2.18. The van der Waals surface area contributed by atoms with Gasteiger partial charge in [-0.2, -0.15) is 0 Å². The van der Waals surface area contributed by atoms with Crippen LogP contribution in [0.5, 0.6) is 0 Å². The lowest BCUT2D eigenvalue weighted by Crippen LogP contribution is -2.43. The highest BCUT2D eigenvalue weighted by molar-refractivity contribution is 5.75. The molecule has 0 radical (unpaired) electrons. The predicted molar refractivity (Wildman–Crippen MR) is 84.5 cm³/mol. The molecule has 1 aromatic heterocycles. The van der Waals surface area contributed by atoms with Crippen molar-refractivity contribution in [3.05, 3.63) is 29.6 Å². The van der Waals surface area contributed by atoms with Crippen LogP contribution in [0.15, 0.2) is 18.5 Å². The monoisotopic (exact) mass is 307 g/mol. The zero-order valence-electron chi connectivity index (χ0n) is 13.5. The maximum absolute atomic E-state index is 12.2. The summed E-state index contributed by atoms with van der Waals surface area (Å²) >= 11 is 0. The van der Waals surface area contributed by atoms with Crippen molar-refractivity contribution in [2.75, 3.05) is 7.05 Å². The van der Waals surface area contributed by atoms with E-state index in [9.17, 15) is 9.59 Å². The maximum Gasteiger partial charge on any atom is 0.317 e. The predicted octanol–water partition coefficient (Wildman–Crippen LogP) is 2.56. The van der Waals surface area contributed by atoms with Gasteiger partial charge in [-0.1, -0.05) is 19.8 Å². The Balaban J connectivity index is 2.60. The average molecular weight is 307 g/mol. The number of nitrogens with one attached hydrogen (secondary N) is 1. The van der Waals surface area contributed by atoms with Gasteiger partial charge in [-0.15, -0.1) is 0 Å². The van der Waals surface area contributed by atoms with Gasteiger partial charge in [0.1, 0.15) is 0 Å². The third kappa shape index (κ3) is 6.11. The Bertz CT molecular complexity index is 505. The zero-order valence-corrected chi connectivity index (χ0v) is 13.5. The fourth-order valence-electron chi connectivity index (χ4n) is 2.18. The van der Waals surface area contributed by atoms with Gasteiger partial charge < -0.3 is 15.3 Å². The second-order valence-electron chi connectivity index (χ2n) is 5.54. The number of rotatable bonds is 8. The molecule has 2 N–H and O–H groups in total. The quantitative estimate of drug-likeness (QED) is 0.773. The van der Waals surface area contributed by atoms with Gasteiger partial charge in [-0.3, -0.25) is 9.78 Å². The molecule has 0 aliphatic rings. The molecule has 1 rings (SSSR count). The molecule has 1 unspecified atom stereocenters. The molecule has 0 aromatic carbocycles. The highest BCUT2D eigenvalue weighted by atomic mass is 16.4. The molecule has 122 valence electrons. The number of nitrogens with zero attached hydrogens (tertiary/aromatic N) is 2. The van der Waals surface area contributed by atoms with Gasteiger partial charge in [-0.05, 0) is 30.5 Å². The summed E-state index contributed by atoms with van der Waals surface area (Å²) in [6.07, 6.45) is 5.95. The first-order valence-corrected chi connectivity index (χ1v) is 7.57. The van der Waals surface area contributed by atoms with Crippen molar-refractivity contribution >= 4 is 12.0 Å². The van der Waals surface area contributed by atoms with E-state index in [1.807, 2.05) is 19.9 Å². The third-order valence-electron chi connectivity index (χ3n) is 3.55. The molecule has 0 fully saturated rings. The van der Waals surface area contributed by atoms with E-state index in [1.165, 1.54) is 0 Å². The van der Waals surface area contributed by atoms with Gasteiger partial charge in [0.15, 0.2) is 0 Å². The van der Waals surface area contributed by atoms with Gasteiger partial charge in [-0.25, -0.2) is 4.79 Å². The molecule has 0 saturated carbocycles. The minimum absolute atomic E-state index is 0.0478. The van der Waals surface area contributed by atoms with Gasteiger partial charge in [0.25, 0.3) is 0 Å². The van der Waals surface area contributed by atoms with Crippen molar-refractivity contribution in [2.24, 2.45) is 0 Å². The number of aromatic nitrogens is 1. The minimum atomic E-state index is -0.894. The van der Waals surface area contributed by atoms with Crippen LogP contribution >= 0.6 is 0 Å². The first kappa shape index (κ1) is 17.9. The van der Waals surface area contributed by atoms with Crippen molar-refractivity contribution in [3.63, 3.8) is 0 Å². The van der Waals surface area contributed by atoms with Crippen LogP contribution in [-0.2, 0) is 11.3 Å². The smallest absolute Gasteiger partial charge is 0.317 e.